The average molecular weight is 596 g/mol. The molecule has 0 heterocycles. The maximum atomic E-state index is 13.4. The van der Waals surface area contributed by atoms with Gasteiger partial charge in [-0.2, -0.15) is 13.5 Å². The topological polar surface area (TPSA) is 140 Å². The number of ether oxygens (including phenoxy) is 1. The molecule has 9 nitrogen and oxygen atoms in total. The van der Waals surface area contributed by atoms with Crippen molar-refractivity contribution in [2.24, 2.45) is 10.2 Å². The molecule has 0 saturated heterocycles. The van der Waals surface area contributed by atoms with Gasteiger partial charge in [-0.15, -0.1) is 5.11 Å². The minimum absolute atomic E-state index is 0. The van der Waals surface area contributed by atoms with E-state index in [1.807, 2.05) is 6.92 Å². The Hall–Kier alpha value is -2.70. The summed E-state index contributed by atoms with van der Waals surface area (Å²) in [4.78, 5) is 12.8. The Morgan fingerprint density at radius 3 is 2.44 bits per heavy atom. The molecule has 4 aromatic carbocycles. The van der Waals surface area contributed by atoms with Gasteiger partial charge in [-0.1, -0.05) is 53.2 Å². The summed E-state index contributed by atoms with van der Waals surface area (Å²) in [7, 11) is -4.49. The van der Waals surface area contributed by atoms with Crippen LogP contribution in [0.3, 0.4) is 0 Å². The number of fused-ring (bicyclic) bond motifs is 1. The van der Waals surface area contributed by atoms with Crippen LogP contribution in [0.4, 0.5) is 17.1 Å². The fourth-order valence-electron chi connectivity index (χ4n) is 3.73. The number of nitrogens with zero attached hydrogens (tertiary/aromatic N) is 2. The van der Waals surface area contributed by atoms with Gasteiger partial charge >= 0.3 is 29.6 Å². The van der Waals surface area contributed by atoms with Gasteiger partial charge in [-0.25, -0.2) is 0 Å². The molecule has 13 heteroatoms. The maximum Gasteiger partial charge on any atom is 1.00 e. The first kappa shape index (κ1) is 30.8. The molecule has 0 saturated carbocycles. The van der Waals surface area contributed by atoms with Gasteiger partial charge in [-0.3, -0.25) is 9.35 Å². The fourth-order valence-corrected chi connectivity index (χ4v) is 4.94. The molecule has 1 amide bonds. The van der Waals surface area contributed by atoms with E-state index in [1.54, 1.807) is 42.5 Å². The minimum atomic E-state index is -4.49. The van der Waals surface area contributed by atoms with Crippen LogP contribution in [-0.4, -0.2) is 25.5 Å². The van der Waals surface area contributed by atoms with Crippen LogP contribution in [0.2, 0.25) is 10.0 Å². The van der Waals surface area contributed by atoms with E-state index in [1.165, 1.54) is 19.1 Å². The molecular weight excluding hydrogens is 576 g/mol. The van der Waals surface area contributed by atoms with E-state index in [0.29, 0.717) is 23.1 Å². The quantitative estimate of drug-likeness (QED) is 0.189. The van der Waals surface area contributed by atoms with Crippen molar-refractivity contribution in [3.05, 3.63) is 81.8 Å². The second kappa shape index (κ2) is 12.6. The van der Waals surface area contributed by atoms with E-state index in [-0.39, 0.29) is 72.7 Å². The van der Waals surface area contributed by atoms with Crippen LogP contribution in [0.25, 0.3) is 10.8 Å². The Morgan fingerprint density at radius 1 is 1.05 bits per heavy atom. The van der Waals surface area contributed by atoms with Gasteiger partial charge in [0.25, 0.3) is 16.0 Å². The van der Waals surface area contributed by atoms with Gasteiger partial charge in [0.15, 0.2) is 0 Å². The van der Waals surface area contributed by atoms with Crippen molar-refractivity contribution in [2.75, 3.05) is 11.9 Å². The molecule has 0 aliphatic rings. The van der Waals surface area contributed by atoms with E-state index < -0.39 is 21.8 Å². The number of hydrogen-bond donors (Lipinski definition) is 2. The molecule has 0 bridgehead atoms. The zero-order valence-corrected chi connectivity index (χ0v) is 25.4. The smallest absolute Gasteiger partial charge is 0.870 e. The molecule has 0 spiro atoms. The zero-order valence-electron chi connectivity index (χ0n) is 21.0. The number of nitrogens with one attached hydrogen (secondary N) is 1. The van der Waals surface area contributed by atoms with E-state index >= 15 is 0 Å². The van der Waals surface area contributed by atoms with Crippen molar-refractivity contribution in [1.82, 2.24) is 0 Å². The molecule has 0 aromatic heterocycles. The number of anilines is 1. The molecule has 2 N–H and O–H groups in total. The predicted molar refractivity (Wildman–Crippen MR) is 144 cm³/mol. The minimum Gasteiger partial charge on any atom is -0.870 e. The number of aryl methyl sites for hydroxylation is 1. The third kappa shape index (κ3) is 6.90. The number of carbonyl (C=O) groups excluding carboxylic acids is 1. The second-order valence-corrected chi connectivity index (χ2v) is 10.3. The van der Waals surface area contributed by atoms with Gasteiger partial charge < -0.3 is 15.2 Å². The van der Waals surface area contributed by atoms with E-state index in [9.17, 15) is 22.9 Å². The van der Waals surface area contributed by atoms with Gasteiger partial charge in [-0.05, 0) is 55.1 Å². The second-order valence-electron chi connectivity index (χ2n) is 8.10. The molecule has 39 heavy (non-hydrogen) atoms. The summed E-state index contributed by atoms with van der Waals surface area (Å²) in [5.41, 5.74) is 0.233. The summed E-state index contributed by atoms with van der Waals surface area (Å²) in [6.45, 7) is 3.73. The first-order chi connectivity index (χ1) is 18.0. The number of benzene rings is 4. The van der Waals surface area contributed by atoms with Crippen LogP contribution in [-0.2, 0) is 10.1 Å². The number of azo groups is 1. The monoisotopic (exact) mass is 595 g/mol. The van der Waals surface area contributed by atoms with Crippen LogP contribution in [0.1, 0.15) is 22.8 Å². The van der Waals surface area contributed by atoms with Crippen LogP contribution in [0, 0.1) is 6.92 Å². The SMILES string of the molecule is CCOc1ccc(NC(=O)c2cc3ccccc3c(N=Nc3cc(C)c(S(=O)(=O)O)cc3Cl)c2[O-])c(Cl)c1.[Na+]. The van der Waals surface area contributed by atoms with Crippen LogP contribution >= 0.6 is 23.2 Å². The number of rotatable bonds is 7. The first-order valence-electron chi connectivity index (χ1n) is 11.2. The number of carbonyl (C=O) groups is 1. The van der Waals surface area contributed by atoms with Gasteiger partial charge in [0.05, 0.1) is 32.9 Å². The molecular formula is C26H20Cl2N3NaO6S. The van der Waals surface area contributed by atoms with Crippen molar-refractivity contribution in [3.63, 3.8) is 0 Å². The molecule has 0 radical (unpaired) electrons. The maximum absolute atomic E-state index is 13.4. The third-order valence-corrected chi connectivity index (χ3v) is 7.11. The van der Waals surface area contributed by atoms with Crippen molar-refractivity contribution < 1.29 is 57.2 Å². The molecule has 4 aromatic rings. The summed E-state index contributed by atoms with van der Waals surface area (Å²) in [5.74, 6) is -0.851. The standard InChI is InChI=1S/C26H21Cl2N3O6S.Na/c1-3-37-16-8-9-21(19(27)12-16)29-26(33)18-11-15-6-4-5-7-17(15)24(25(18)32)31-30-22-10-14(2)23(13-20(22)28)38(34,35)36;/h4-13,32H,3H2,1-2H3,(H,29,33)(H,34,35,36);/q;+1/p-1. The first-order valence-corrected chi connectivity index (χ1v) is 13.3. The molecule has 0 atom stereocenters. The Kier molecular flexibility index (Phi) is 10.0. The van der Waals surface area contributed by atoms with Crippen LogP contribution in [0.15, 0.2) is 75.8 Å². The van der Waals surface area contributed by atoms with Crippen LogP contribution in [0.5, 0.6) is 11.5 Å². The van der Waals surface area contributed by atoms with Crippen molar-refractivity contribution in [3.8, 4) is 11.5 Å². The Bertz CT molecular complexity index is 1710. The largest absolute Gasteiger partial charge is 1.00 e. The van der Waals surface area contributed by atoms with E-state index in [0.717, 1.165) is 6.07 Å². The predicted octanol–water partition coefficient (Wildman–Crippen LogP) is 3.85. The summed E-state index contributed by atoms with van der Waals surface area (Å²) in [5, 5.41) is 25.3. The van der Waals surface area contributed by atoms with Crippen LogP contribution < -0.4 is 44.7 Å². The molecule has 0 unspecified atom stereocenters. The summed E-state index contributed by atoms with van der Waals surface area (Å²) in [6.07, 6.45) is 0. The zero-order chi connectivity index (χ0) is 27.6. The Morgan fingerprint density at radius 2 is 1.77 bits per heavy atom. The van der Waals surface area contributed by atoms with Crippen molar-refractivity contribution in [1.29, 1.82) is 0 Å². The Balaban J connectivity index is 0.00000420. The molecule has 0 fully saturated rings. The summed E-state index contributed by atoms with van der Waals surface area (Å²) in [6, 6.07) is 15.4. The molecule has 4 rings (SSSR count). The van der Waals surface area contributed by atoms with Crippen molar-refractivity contribution in [2.45, 2.75) is 18.7 Å². The van der Waals surface area contributed by atoms with Gasteiger partial charge in [0.2, 0.25) is 0 Å². The van der Waals surface area contributed by atoms with E-state index in [2.05, 4.69) is 15.5 Å². The summed E-state index contributed by atoms with van der Waals surface area (Å²) < 4.78 is 37.8. The van der Waals surface area contributed by atoms with E-state index in [4.69, 9.17) is 27.9 Å². The molecule has 196 valence electrons. The van der Waals surface area contributed by atoms with Crippen molar-refractivity contribution >= 4 is 67.1 Å². The summed E-state index contributed by atoms with van der Waals surface area (Å²) >= 11 is 12.4. The molecule has 0 aliphatic heterocycles. The fraction of sp³-hybridized carbons (Fsp3) is 0.115. The third-order valence-electron chi connectivity index (χ3n) is 5.50. The number of amides is 1. The molecule has 0 aliphatic carbocycles. The number of halogens is 2. The Labute approximate surface area is 256 Å². The van der Waals surface area contributed by atoms with Gasteiger partial charge in [0.1, 0.15) is 11.4 Å². The average Bonchev–Trinajstić information content (AvgIpc) is 2.86. The van der Waals surface area contributed by atoms with Gasteiger partial charge in [0, 0.05) is 17.0 Å². The normalized spacial score (nSPS) is 11.4. The number of hydrogen-bond acceptors (Lipinski definition) is 7.